The number of aryl methyl sites for hydroxylation is 1. The van der Waals surface area contributed by atoms with Crippen molar-refractivity contribution in [2.45, 2.75) is 61.2 Å². The van der Waals surface area contributed by atoms with E-state index in [0.29, 0.717) is 19.8 Å². The summed E-state index contributed by atoms with van der Waals surface area (Å²) < 4.78 is 38.3. The molecule has 2 fully saturated rings. The van der Waals surface area contributed by atoms with Crippen LogP contribution in [0, 0.1) is 6.92 Å². The van der Waals surface area contributed by atoms with Gasteiger partial charge < -0.3 is 28.4 Å². The third-order valence-corrected chi connectivity index (χ3v) is 8.67. The van der Waals surface area contributed by atoms with Crippen molar-refractivity contribution in [1.82, 2.24) is 0 Å². The van der Waals surface area contributed by atoms with E-state index >= 15 is 0 Å². The Morgan fingerprint density at radius 2 is 1.36 bits per heavy atom. The molecule has 7 heteroatoms. The average molecular weight is 585 g/mol. The summed E-state index contributed by atoms with van der Waals surface area (Å²) in [5.74, 6) is 0.807. The molecule has 0 N–H and O–H groups in total. The van der Waals surface area contributed by atoms with Crippen molar-refractivity contribution in [2.24, 2.45) is 0 Å². The summed E-state index contributed by atoms with van der Waals surface area (Å²) in [6.07, 6.45) is -2.03. The third-order valence-electron chi connectivity index (χ3n) is 7.52. The van der Waals surface area contributed by atoms with Gasteiger partial charge in [-0.15, -0.1) is 0 Å². The van der Waals surface area contributed by atoms with Gasteiger partial charge in [0.05, 0.1) is 26.9 Å². The molecule has 4 aromatic rings. The van der Waals surface area contributed by atoms with Gasteiger partial charge in [0.25, 0.3) is 0 Å². The van der Waals surface area contributed by atoms with E-state index in [4.69, 9.17) is 28.4 Å². The van der Waals surface area contributed by atoms with Gasteiger partial charge in [-0.1, -0.05) is 102 Å². The molecule has 4 aromatic carbocycles. The van der Waals surface area contributed by atoms with E-state index in [1.165, 1.54) is 5.56 Å². The Morgan fingerprint density at radius 1 is 0.714 bits per heavy atom. The van der Waals surface area contributed by atoms with Gasteiger partial charge in [-0.3, -0.25) is 0 Å². The molecular formula is C35H36O6S. The lowest BCUT2D eigenvalue weighted by molar-refractivity contribution is -0.329. The van der Waals surface area contributed by atoms with E-state index < -0.39 is 18.5 Å². The maximum absolute atomic E-state index is 6.73. The van der Waals surface area contributed by atoms with Crippen molar-refractivity contribution in [1.29, 1.82) is 0 Å². The van der Waals surface area contributed by atoms with Gasteiger partial charge in [-0.05, 0) is 42.3 Å². The number of thioether (sulfide) groups is 1. The Labute approximate surface area is 251 Å². The third kappa shape index (κ3) is 7.06. The quantitative estimate of drug-likeness (QED) is 0.197. The lowest BCUT2D eigenvalue weighted by atomic mass is 9.98. The van der Waals surface area contributed by atoms with Crippen LogP contribution in [0.25, 0.3) is 0 Å². The maximum atomic E-state index is 6.73. The van der Waals surface area contributed by atoms with Crippen molar-refractivity contribution in [3.05, 3.63) is 131 Å². The molecule has 42 heavy (non-hydrogen) atoms. The van der Waals surface area contributed by atoms with Crippen LogP contribution < -0.4 is 4.74 Å². The minimum atomic E-state index is -0.512. The maximum Gasteiger partial charge on any atom is 0.184 e. The monoisotopic (exact) mass is 584 g/mol. The molecule has 0 saturated carbocycles. The fraction of sp³-hybridized carbons (Fsp3) is 0.314. The highest BCUT2D eigenvalue weighted by atomic mass is 32.2. The fourth-order valence-electron chi connectivity index (χ4n) is 5.22. The lowest BCUT2D eigenvalue weighted by Crippen LogP contribution is -2.62. The zero-order valence-electron chi connectivity index (χ0n) is 23.8. The SMILES string of the molecule is COc1ccc(CO[C@H]2[C@@H](OCc3ccccc3)[C@@H]3OC(c4ccccc4)OC[C@H]3O[C@@H]2Sc2ccc(C)cc2)cc1. The van der Waals surface area contributed by atoms with E-state index in [-0.39, 0.29) is 17.6 Å². The Morgan fingerprint density at radius 3 is 2.05 bits per heavy atom. The van der Waals surface area contributed by atoms with Crippen LogP contribution in [-0.4, -0.2) is 43.6 Å². The van der Waals surface area contributed by atoms with E-state index in [9.17, 15) is 0 Å². The van der Waals surface area contributed by atoms with Crippen LogP contribution in [0.3, 0.4) is 0 Å². The van der Waals surface area contributed by atoms with Gasteiger partial charge in [0.2, 0.25) is 0 Å². The molecule has 0 aromatic heterocycles. The molecule has 2 aliphatic heterocycles. The lowest BCUT2D eigenvalue weighted by Gasteiger charge is -2.49. The molecule has 0 spiro atoms. The molecule has 218 valence electrons. The summed E-state index contributed by atoms with van der Waals surface area (Å²) in [5.41, 5.74) is 3.96. The van der Waals surface area contributed by atoms with Crippen LogP contribution in [0.5, 0.6) is 5.75 Å². The number of hydrogen-bond acceptors (Lipinski definition) is 7. The Balaban J connectivity index is 1.30. The number of ether oxygens (including phenoxy) is 6. The molecule has 6 nitrogen and oxygen atoms in total. The summed E-state index contributed by atoms with van der Waals surface area (Å²) in [4.78, 5) is 1.10. The Bertz CT molecular complexity index is 1380. The number of hydrogen-bond donors (Lipinski definition) is 0. The van der Waals surface area contributed by atoms with Crippen LogP contribution in [0.1, 0.15) is 28.5 Å². The Kier molecular flexibility index (Phi) is 9.55. The van der Waals surface area contributed by atoms with Crippen LogP contribution in [0.2, 0.25) is 0 Å². The van der Waals surface area contributed by atoms with Gasteiger partial charge >= 0.3 is 0 Å². The number of fused-ring (bicyclic) bond motifs is 1. The first kappa shape index (κ1) is 28.9. The predicted molar refractivity (Wildman–Crippen MR) is 162 cm³/mol. The second-order valence-electron chi connectivity index (χ2n) is 10.5. The summed E-state index contributed by atoms with van der Waals surface area (Å²) >= 11 is 1.64. The zero-order chi connectivity index (χ0) is 28.7. The van der Waals surface area contributed by atoms with Crippen LogP contribution in [0.4, 0.5) is 0 Å². The topological polar surface area (TPSA) is 55.4 Å². The summed E-state index contributed by atoms with van der Waals surface area (Å²) in [6.45, 7) is 3.30. The highest BCUT2D eigenvalue weighted by molar-refractivity contribution is 7.99. The number of rotatable bonds is 10. The van der Waals surface area contributed by atoms with E-state index in [0.717, 1.165) is 27.3 Å². The van der Waals surface area contributed by atoms with Crippen molar-refractivity contribution in [3.8, 4) is 5.75 Å². The van der Waals surface area contributed by atoms with Gasteiger partial charge in [0.1, 0.15) is 35.6 Å². The molecule has 0 radical (unpaired) electrons. The zero-order valence-corrected chi connectivity index (χ0v) is 24.7. The Hall–Kier alpha value is -3.17. The predicted octanol–water partition coefficient (Wildman–Crippen LogP) is 7.11. The van der Waals surface area contributed by atoms with Gasteiger partial charge in [0, 0.05) is 10.5 Å². The smallest absolute Gasteiger partial charge is 0.184 e. The van der Waals surface area contributed by atoms with E-state index in [1.807, 2.05) is 72.8 Å². The highest BCUT2D eigenvalue weighted by Crippen LogP contribution is 2.41. The molecule has 2 aliphatic rings. The summed E-state index contributed by atoms with van der Waals surface area (Å²) in [6, 6.07) is 36.6. The van der Waals surface area contributed by atoms with E-state index in [2.05, 4.69) is 43.3 Å². The van der Waals surface area contributed by atoms with Crippen molar-refractivity contribution >= 4 is 11.8 Å². The minimum absolute atomic E-state index is 0.311. The summed E-state index contributed by atoms with van der Waals surface area (Å²) in [5, 5.41) is 0. The molecule has 0 amide bonds. The van der Waals surface area contributed by atoms with Crippen LogP contribution in [0.15, 0.2) is 114 Å². The second kappa shape index (κ2) is 13.9. The van der Waals surface area contributed by atoms with Crippen LogP contribution in [-0.2, 0) is 36.9 Å². The normalized spacial score (nSPS) is 25.5. The molecule has 2 heterocycles. The standard InChI is InChI=1S/C35H36O6S/c1-24-13-19-29(20-14-24)42-35-33(38-22-26-15-17-28(36-2)18-16-26)32(37-21-25-9-5-3-6-10-25)31-30(40-35)23-39-34(41-31)27-11-7-4-8-12-27/h3-20,30-35H,21-23H2,1-2H3/t30-,31-,32+,33+,34?,35-/m1/s1. The van der Waals surface area contributed by atoms with Crippen LogP contribution >= 0.6 is 11.8 Å². The van der Waals surface area contributed by atoms with Gasteiger partial charge in [0.15, 0.2) is 6.29 Å². The molecular weight excluding hydrogens is 548 g/mol. The van der Waals surface area contributed by atoms with Crippen molar-refractivity contribution in [2.75, 3.05) is 13.7 Å². The molecule has 6 rings (SSSR count). The van der Waals surface area contributed by atoms with E-state index in [1.54, 1.807) is 18.9 Å². The number of benzene rings is 4. The molecule has 2 saturated heterocycles. The largest absolute Gasteiger partial charge is 0.497 e. The average Bonchev–Trinajstić information content (AvgIpc) is 3.05. The molecule has 1 unspecified atom stereocenters. The molecule has 0 aliphatic carbocycles. The minimum Gasteiger partial charge on any atom is -0.497 e. The molecule has 6 atom stereocenters. The first-order valence-electron chi connectivity index (χ1n) is 14.3. The van der Waals surface area contributed by atoms with Crippen molar-refractivity contribution in [3.63, 3.8) is 0 Å². The molecule has 0 bridgehead atoms. The second-order valence-corrected chi connectivity index (χ2v) is 11.7. The van der Waals surface area contributed by atoms with Gasteiger partial charge in [-0.25, -0.2) is 0 Å². The van der Waals surface area contributed by atoms with Crippen molar-refractivity contribution < 1.29 is 28.4 Å². The summed E-state index contributed by atoms with van der Waals surface area (Å²) in [7, 11) is 1.67. The fourth-order valence-corrected chi connectivity index (χ4v) is 6.35. The highest BCUT2D eigenvalue weighted by Gasteiger charge is 2.51. The first-order valence-corrected chi connectivity index (χ1v) is 15.1. The first-order chi connectivity index (χ1) is 20.7. The number of methoxy groups -OCH3 is 1. The van der Waals surface area contributed by atoms with Gasteiger partial charge in [-0.2, -0.15) is 0 Å².